The van der Waals surface area contributed by atoms with Crippen LogP contribution in [0.5, 0.6) is 0 Å². The summed E-state index contributed by atoms with van der Waals surface area (Å²) in [7, 11) is 1.79. The number of hydrogen-bond acceptors (Lipinski definition) is 2. The first-order chi connectivity index (χ1) is 11.9. The molecule has 0 saturated heterocycles. The van der Waals surface area contributed by atoms with Crippen LogP contribution in [0.25, 0.3) is 10.9 Å². The van der Waals surface area contributed by atoms with Gasteiger partial charge in [-0.2, -0.15) is 0 Å². The molecule has 0 bridgehead atoms. The van der Waals surface area contributed by atoms with Crippen molar-refractivity contribution in [3.8, 4) is 0 Å². The Morgan fingerprint density at radius 2 is 1.96 bits per heavy atom. The molecule has 2 heterocycles. The van der Waals surface area contributed by atoms with Crippen molar-refractivity contribution >= 4 is 16.9 Å². The van der Waals surface area contributed by atoms with E-state index in [1.807, 2.05) is 12.1 Å². The van der Waals surface area contributed by atoms with Crippen molar-refractivity contribution in [2.24, 2.45) is 4.99 Å². The molecule has 5 heteroatoms. The maximum Gasteiger partial charge on any atom is 0.190 e. The molecule has 5 nitrogen and oxygen atoms in total. The van der Waals surface area contributed by atoms with E-state index in [2.05, 4.69) is 56.7 Å². The van der Waals surface area contributed by atoms with E-state index in [-0.39, 0.29) is 0 Å². The monoisotopic (exact) mass is 324 g/mol. The van der Waals surface area contributed by atoms with Gasteiger partial charge in [0.25, 0.3) is 0 Å². The van der Waals surface area contributed by atoms with E-state index in [0.717, 1.165) is 44.2 Å². The minimum atomic E-state index is 0.801. The lowest BCUT2D eigenvalue weighted by Gasteiger charge is -2.12. The normalized spacial score (nSPS) is 11.8. The van der Waals surface area contributed by atoms with Crippen LogP contribution < -0.4 is 10.6 Å². The molecule has 1 aromatic carbocycles. The van der Waals surface area contributed by atoms with Gasteiger partial charge in [0.15, 0.2) is 5.96 Å². The molecule has 0 saturated carbocycles. The lowest BCUT2D eigenvalue weighted by atomic mass is 10.2. The molecule has 0 radical (unpaired) electrons. The molecule has 0 unspecified atom stereocenters. The molecule has 0 amide bonds. The fraction of sp³-hybridized carbons (Fsp3) is 0.316. The number of rotatable bonds is 7. The second-order valence-electron chi connectivity index (χ2n) is 5.68. The van der Waals surface area contributed by atoms with Gasteiger partial charge >= 0.3 is 0 Å². The van der Waals surface area contributed by atoms with Crippen LogP contribution in [0.1, 0.15) is 12.2 Å². The van der Waals surface area contributed by atoms with E-state index in [0.29, 0.717) is 0 Å². The number of fused-ring (bicyclic) bond motifs is 1. The van der Waals surface area contributed by atoms with Gasteiger partial charge in [0.05, 0.1) is 6.26 Å². The summed E-state index contributed by atoms with van der Waals surface area (Å²) in [5, 5.41) is 7.95. The molecule has 24 heavy (non-hydrogen) atoms. The van der Waals surface area contributed by atoms with Crippen LogP contribution in [-0.2, 0) is 13.0 Å². The number of hydrogen-bond donors (Lipinski definition) is 2. The highest BCUT2D eigenvalue weighted by Crippen LogP contribution is 2.15. The van der Waals surface area contributed by atoms with Gasteiger partial charge in [0.1, 0.15) is 5.76 Å². The summed E-state index contributed by atoms with van der Waals surface area (Å²) in [6.45, 7) is 2.67. The Balaban J connectivity index is 1.38. The van der Waals surface area contributed by atoms with Crippen LogP contribution in [0.4, 0.5) is 0 Å². The van der Waals surface area contributed by atoms with Crippen molar-refractivity contribution in [3.05, 3.63) is 60.7 Å². The lowest BCUT2D eigenvalue weighted by Crippen LogP contribution is -2.38. The Morgan fingerprint density at radius 1 is 1.08 bits per heavy atom. The Hall–Kier alpha value is -2.69. The topological polar surface area (TPSA) is 54.5 Å². The van der Waals surface area contributed by atoms with E-state index in [9.17, 15) is 0 Å². The number of benzene rings is 1. The van der Waals surface area contributed by atoms with Gasteiger partial charge in [-0.15, -0.1) is 0 Å². The molecule has 2 N–H and O–H groups in total. The average Bonchev–Trinajstić information content (AvgIpc) is 3.27. The third-order valence-corrected chi connectivity index (χ3v) is 4.02. The SMILES string of the molecule is CN=C(NCCCn1ccc2ccccc21)NCCc1ccco1. The number of aromatic nitrogens is 1. The van der Waals surface area contributed by atoms with Gasteiger partial charge in [-0.25, -0.2) is 0 Å². The predicted octanol–water partition coefficient (Wildman–Crippen LogP) is 3.03. The molecule has 0 aliphatic carbocycles. The van der Waals surface area contributed by atoms with Gasteiger partial charge in [-0.3, -0.25) is 4.99 Å². The van der Waals surface area contributed by atoms with Crippen molar-refractivity contribution < 1.29 is 4.42 Å². The first-order valence-corrected chi connectivity index (χ1v) is 8.37. The molecule has 3 rings (SSSR count). The summed E-state index contributed by atoms with van der Waals surface area (Å²) < 4.78 is 7.62. The van der Waals surface area contributed by atoms with E-state index >= 15 is 0 Å². The van der Waals surface area contributed by atoms with Crippen LogP contribution in [0.15, 0.2) is 64.3 Å². The molecular formula is C19H24N4O. The van der Waals surface area contributed by atoms with Crippen molar-refractivity contribution in [3.63, 3.8) is 0 Å². The van der Waals surface area contributed by atoms with Gasteiger partial charge in [0, 0.05) is 44.8 Å². The summed E-state index contributed by atoms with van der Waals surface area (Å²) in [6.07, 6.45) is 5.75. The second kappa shape index (κ2) is 8.24. The van der Waals surface area contributed by atoms with Crippen LogP contribution in [0, 0.1) is 0 Å². The Labute approximate surface area is 142 Å². The van der Waals surface area contributed by atoms with Crippen molar-refractivity contribution in [1.29, 1.82) is 0 Å². The van der Waals surface area contributed by atoms with Crippen molar-refractivity contribution in [2.45, 2.75) is 19.4 Å². The van der Waals surface area contributed by atoms with Gasteiger partial charge in [-0.1, -0.05) is 18.2 Å². The van der Waals surface area contributed by atoms with E-state index < -0.39 is 0 Å². The van der Waals surface area contributed by atoms with Gasteiger partial charge in [0.2, 0.25) is 0 Å². The first-order valence-electron chi connectivity index (χ1n) is 8.37. The summed E-state index contributed by atoms with van der Waals surface area (Å²) >= 11 is 0. The zero-order chi connectivity index (χ0) is 16.6. The third-order valence-electron chi connectivity index (χ3n) is 4.02. The largest absolute Gasteiger partial charge is 0.469 e. The Morgan fingerprint density at radius 3 is 2.79 bits per heavy atom. The highest BCUT2D eigenvalue weighted by molar-refractivity contribution is 5.80. The van der Waals surface area contributed by atoms with E-state index in [1.165, 1.54) is 10.9 Å². The molecule has 0 aliphatic heterocycles. The fourth-order valence-corrected chi connectivity index (χ4v) is 2.77. The summed E-state index contributed by atoms with van der Waals surface area (Å²) in [5.41, 5.74) is 1.29. The Bertz CT molecular complexity index is 774. The quantitative estimate of drug-likeness (QED) is 0.399. The molecule has 0 spiro atoms. The molecule has 0 fully saturated rings. The molecular weight excluding hydrogens is 300 g/mol. The highest BCUT2D eigenvalue weighted by atomic mass is 16.3. The number of aliphatic imine (C=N–C) groups is 1. The molecule has 0 aliphatic rings. The zero-order valence-corrected chi connectivity index (χ0v) is 14.0. The van der Waals surface area contributed by atoms with Gasteiger partial charge < -0.3 is 19.6 Å². The zero-order valence-electron chi connectivity index (χ0n) is 14.0. The third kappa shape index (κ3) is 4.19. The van der Waals surface area contributed by atoms with E-state index in [4.69, 9.17) is 4.42 Å². The van der Waals surface area contributed by atoms with Crippen LogP contribution >= 0.6 is 0 Å². The standard InChI is InChI=1S/C19H24N4O/c1-20-19(22-12-9-17-7-4-15-24-17)21-11-5-13-23-14-10-16-6-2-3-8-18(16)23/h2-4,6-8,10,14-15H,5,9,11-13H2,1H3,(H2,20,21,22). The average molecular weight is 324 g/mol. The summed E-state index contributed by atoms with van der Waals surface area (Å²) in [5.74, 6) is 1.82. The van der Waals surface area contributed by atoms with E-state index in [1.54, 1.807) is 13.3 Å². The molecule has 3 aromatic rings. The minimum Gasteiger partial charge on any atom is -0.469 e. The van der Waals surface area contributed by atoms with Crippen LogP contribution in [0.2, 0.25) is 0 Å². The van der Waals surface area contributed by atoms with Crippen molar-refractivity contribution in [2.75, 3.05) is 20.1 Å². The van der Waals surface area contributed by atoms with Gasteiger partial charge in [-0.05, 0) is 36.1 Å². The Kier molecular flexibility index (Phi) is 5.56. The second-order valence-corrected chi connectivity index (χ2v) is 5.68. The maximum atomic E-state index is 5.32. The molecule has 2 aromatic heterocycles. The highest BCUT2D eigenvalue weighted by Gasteiger charge is 2.01. The number of nitrogens with one attached hydrogen (secondary N) is 2. The summed E-state index contributed by atoms with van der Waals surface area (Å²) in [6, 6.07) is 14.5. The number of guanidine groups is 1. The number of para-hydroxylation sites is 1. The van der Waals surface area contributed by atoms with Crippen LogP contribution in [0.3, 0.4) is 0 Å². The number of aryl methyl sites for hydroxylation is 1. The lowest BCUT2D eigenvalue weighted by molar-refractivity contribution is 0.506. The van der Waals surface area contributed by atoms with Crippen LogP contribution in [-0.4, -0.2) is 30.7 Å². The van der Waals surface area contributed by atoms with Crippen molar-refractivity contribution in [1.82, 2.24) is 15.2 Å². The molecule has 126 valence electrons. The fourth-order valence-electron chi connectivity index (χ4n) is 2.77. The molecule has 0 atom stereocenters. The number of furan rings is 1. The minimum absolute atomic E-state index is 0.801. The first kappa shape index (κ1) is 16.2. The smallest absolute Gasteiger partial charge is 0.190 e. The maximum absolute atomic E-state index is 5.32. The number of nitrogens with zero attached hydrogens (tertiary/aromatic N) is 2. The summed E-state index contributed by atoms with van der Waals surface area (Å²) in [4.78, 5) is 4.25. The predicted molar refractivity (Wildman–Crippen MR) is 98.3 cm³/mol.